The fourth-order valence-corrected chi connectivity index (χ4v) is 6.53. The van der Waals surface area contributed by atoms with E-state index in [2.05, 4.69) is 5.16 Å². The van der Waals surface area contributed by atoms with E-state index in [9.17, 15) is 9.59 Å². The molecule has 6 rings (SSSR count). The normalized spacial score (nSPS) is 29.2. The van der Waals surface area contributed by atoms with Crippen molar-refractivity contribution in [3.8, 4) is 0 Å². The minimum Gasteiger partial charge on any atom is -0.467 e. The molecule has 0 saturated heterocycles. The first-order chi connectivity index (χ1) is 14.4. The Bertz CT molecular complexity index is 890. The van der Waals surface area contributed by atoms with Crippen LogP contribution >= 0.6 is 0 Å². The Kier molecular flexibility index (Phi) is 4.71. The number of amides is 1. The summed E-state index contributed by atoms with van der Waals surface area (Å²) in [6.07, 6.45) is 8.65. The summed E-state index contributed by atoms with van der Waals surface area (Å²) in [5.41, 5.74) is 0.627. The zero-order chi connectivity index (χ0) is 20.9. The quantitative estimate of drug-likeness (QED) is 0.666. The molecule has 4 saturated carbocycles. The third kappa shape index (κ3) is 3.34. The summed E-state index contributed by atoms with van der Waals surface area (Å²) in [6, 6.07) is 3.74. The van der Waals surface area contributed by atoms with Gasteiger partial charge in [-0.15, -0.1) is 0 Å². The zero-order valence-corrected chi connectivity index (χ0v) is 17.6. The standard InChI is InChI=1S/C23H28N2O5/c1-14-21(15(2)30-24-14)22(27)29-13-20(26)25(12-19-4-3-5-28-19)23-9-16-6-17(10-23)8-18(7-16)11-23/h3-5,16-18H,6-13H2,1-2H3. The second kappa shape index (κ2) is 7.29. The van der Waals surface area contributed by atoms with Crippen molar-refractivity contribution in [3.63, 3.8) is 0 Å². The lowest BCUT2D eigenvalue weighted by Gasteiger charge is -2.60. The fraction of sp³-hybridized carbons (Fsp3) is 0.609. The average molecular weight is 412 g/mol. The van der Waals surface area contributed by atoms with Crippen molar-refractivity contribution in [3.05, 3.63) is 41.2 Å². The van der Waals surface area contributed by atoms with E-state index >= 15 is 0 Å². The number of esters is 1. The number of furan rings is 1. The average Bonchev–Trinajstić information content (AvgIpc) is 3.32. The Labute approximate surface area is 175 Å². The van der Waals surface area contributed by atoms with Gasteiger partial charge < -0.3 is 18.6 Å². The van der Waals surface area contributed by atoms with E-state index in [-0.39, 0.29) is 18.1 Å². The molecule has 0 aliphatic heterocycles. The molecule has 0 atom stereocenters. The molecule has 0 radical (unpaired) electrons. The van der Waals surface area contributed by atoms with E-state index in [1.165, 1.54) is 19.3 Å². The van der Waals surface area contributed by atoms with E-state index in [4.69, 9.17) is 13.7 Å². The molecule has 0 aromatic carbocycles. The smallest absolute Gasteiger partial charge is 0.344 e. The zero-order valence-electron chi connectivity index (χ0n) is 17.6. The molecule has 160 valence electrons. The van der Waals surface area contributed by atoms with Gasteiger partial charge in [0.1, 0.15) is 17.1 Å². The molecule has 4 fully saturated rings. The van der Waals surface area contributed by atoms with Crippen molar-refractivity contribution in [1.82, 2.24) is 10.1 Å². The van der Waals surface area contributed by atoms with Crippen LogP contribution in [0.4, 0.5) is 0 Å². The van der Waals surface area contributed by atoms with E-state index in [1.807, 2.05) is 17.0 Å². The SMILES string of the molecule is Cc1noc(C)c1C(=O)OCC(=O)N(Cc1ccco1)C12CC3CC(CC(C3)C1)C2. The molecule has 0 N–H and O–H groups in total. The summed E-state index contributed by atoms with van der Waals surface area (Å²) in [4.78, 5) is 27.9. The van der Waals surface area contributed by atoms with Crippen LogP contribution in [0.25, 0.3) is 0 Å². The summed E-state index contributed by atoms with van der Waals surface area (Å²) in [5, 5.41) is 3.79. The summed E-state index contributed by atoms with van der Waals surface area (Å²) >= 11 is 0. The van der Waals surface area contributed by atoms with Crippen LogP contribution in [0.3, 0.4) is 0 Å². The van der Waals surface area contributed by atoms with Crippen LogP contribution in [0.15, 0.2) is 27.3 Å². The van der Waals surface area contributed by atoms with Gasteiger partial charge in [0.2, 0.25) is 0 Å². The van der Waals surface area contributed by atoms with Crippen LogP contribution in [-0.2, 0) is 16.1 Å². The summed E-state index contributed by atoms with van der Waals surface area (Å²) < 4.78 is 16.0. The second-order valence-corrected chi connectivity index (χ2v) is 9.48. The van der Waals surface area contributed by atoms with Crippen molar-refractivity contribution >= 4 is 11.9 Å². The maximum Gasteiger partial charge on any atom is 0.344 e. The molecule has 4 aliphatic carbocycles. The van der Waals surface area contributed by atoms with Crippen LogP contribution in [0, 0.1) is 31.6 Å². The number of ether oxygens (including phenoxy) is 1. The van der Waals surface area contributed by atoms with Gasteiger partial charge in [0.25, 0.3) is 5.91 Å². The molecule has 30 heavy (non-hydrogen) atoms. The molecule has 4 aliphatic rings. The van der Waals surface area contributed by atoms with Crippen LogP contribution in [0.1, 0.15) is 66.1 Å². The minimum atomic E-state index is -0.567. The Morgan fingerprint density at radius 3 is 2.37 bits per heavy atom. The first kappa shape index (κ1) is 19.4. The number of hydrogen-bond acceptors (Lipinski definition) is 6. The minimum absolute atomic E-state index is 0.145. The number of aryl methyl sites for hydroxylation is 2. The Balaban J connectivity index is 1.36. The van der Waals surface area contributed by atoms with Gasteiger partial charge in [-0.1, -0.05) is 5.16 Å². The molecular weight excluding hydrogens is 384 g/mol. The second-order valence-electron chi connectivity index (χ2n) is 9.48. The molecular formula is C23H28N2O5. The molecule has 1 amide bonds. The number of rotatable bonds is 6. The molecule has 0 spiro atoms. The molecule has 7 nitrogen and oxygen atoms in total. The predicted octanol–water partition coefficient (Wildman–Crippen LogP) is 4.04. The van der Waals surface area contributed by atoms with Gasteiger partial charge in [-0.3, -0.25) is 4.79 Å². The van der Waals surface area contributed by atoms with E-state index in [0.29, 0.717) is 41.3 Å². The largest absolute Gasteiger partial charge is 0.467 e. The highest BCUT2D eigenvalue weighted by Crippen LogP contribution is 2.58. The molecule has 4 bridgehead atoms. The summed E-state index contributed by atoms with van der Waals surface area (Å²) in [5.74, 6) is 2.54. The first-order valence-electron chi connectivity index (χ1n) is 10.9. The van der Waals surface area contributed by atoms with Gasteiger partial charge in [0, 0.05) is 5.54 Å². The van der Waals surface area contributed by atoms with Crippen LogP contribution in [0.2, 0.25) is 0 Å². The Morgan fingerprint density at radius 2 is 1.83 bits per heavy atom. The van der Waals surface area contributed by atoms with E-state index in [0.717, 1.165) is 25.0 Å². The van der Waals surface area contributed by atoms with Gasteiger partial charge in [-0.05, 0) is 82.3 Å². The lowest BCUT2D eigenvalue weighted by molar-refractivity contribution is -0.156. The van der Waals surface area contributed by atoms with E-state index in [1.54, 1.807) is 20.1 Å². The summed E-state index contributed by atoms with van der Waals surface area (Å²) in [7, 11) is 0. The third-order valence-electron chi connectivity index (χ3n) is 7.34. The Morgan fingerprint density at radius 1 is 1.17 bits per heavy atom. The maximum atomic E-state index is 13.4. The van der Waals surface area contributed by atoms with Crippen molar-refractivity contribution in [2.45, 2.75) is 64.5 Å². The molecule has 7 heteroatoms. The van der Waals surface area contributed by atoms with Crippen LogP contribution in [-0.4, -0.2) is 34.1 Å². The molecule has 2 aromatic rings. The predicted molar refractivity (Wildman–Crippen MR) is 106 cm³/mol. The van der Waals surface area contributed by atoms with Crippen molar-refractivity contribution in [1.29, 1.82) is 0 Å². The van der Waals surface area contributed by atoms with Gasteiger partial charge >= 0.3 is 5.97 Å². The fourth-order valence-electron chi connectivity index (χ4n) is 6.53. The highest BCUT2D eigenvalue weighted by atomic mass is 16.5. The van der Waals surface area contributed by atoms with Gasteiger partial charge in [-0.2, -0.15) is 0 Å². The number of hydrogen-bond donors (Lipinski definition) is 0. The van der Waals surface area contributed by atoms with Gasteiger partial charge in [0.05, 0.1) is 18.5 Å². The molecule has 0 unspecified atom stereocenters. The Hall–Kier alpha value is -2.57. The van der Waals surface area contributed by atoms with Crippen LogP contribution < -0.4 is 0 Å². The third-order valence-corrected chi connectivity index (χ3v) is 7.34. The summed E-state index contributed by atoms with van der Waals surface area (Å²) in [6.45, 7) is 3.48. The number of carbonyl (C=O) groups excluding carboxylic acids is 2. The number of carbonyl (C=O) groups is 2. The lowest BCUT2D eigenvalue weighted by Crippen LogP contribution is -2.61. The van der Waals surface area contributed by atoms with Gasteiger partial charge in [-0.25, -0.2) is 4.79 Å². The molecule has 2 heterocycles. The lowest BCUT2D eigenvalue weighted by atomic mass is 9.52. The van der Waals surface area contributed by atoms with Gasteiger partial charge in [0.15, 0.2) is 6.61 Å². The van der Waals surface area contributed by atoms with Crippen LogP contribution in [0.5, 0.6) is 0 Å². The maximum absolute atomic E-state index is 13.4. The highest BCUT2D eigenvalue weighted by molar-refractivity contribution is 5.93. The van der Waals surface area contributed by atoms with Crippen molar-refractivity contribution in [2.75, 3.05) is 6.61 Å². The van der Waals surface area contributed by atoms with E-state index < -0.39 is 5.97 Å². The molecule has 2 aromatic heterocycles. The first-order valence-corrected chi connectivity index (χ1v) is 10.9. The van der Waals surface area contributed by atoms with Crippen molar-refractivity contribution < 1.29 is 23.3 Å². The number of aromatic nitrogens is 1. The monoisotopic (exact) mass is 412 g/mol. The highest BCUT2D eigenvalue weighted by Gasteiger charge is 2.54. The topological polar surface area (TPSA) is 85.8 Å². The number of nitrogens with zero attached hydrogens (tertiary/aromatic N) is 2. The van der Waals surface area contributed by atoms with Crippen molar-refractivity contribution in [2.24, 2.45) is 17.8 Å².